The Kier molecular flexibility index (Phi) is 6.78. The number of hydrogen-bond acceptors (Lipinski definition) is 5. The van der Waals surface area contributed by atoms with Gasteiger partial charge in [-0.05, 0) is 36.6 Å². The van der Waals surface area contributed by atoms with Crippen LogP contribution in [-0.4, -0.2) is 61.2 Å². The van der Waals surface area contributed by atoms with E-state index < -0.39 is 6.04 Å². The fourth-order valence-corrected chi connectivity index (χ4v) is 3.08. The highest BCUT2D eigenvalue weighted by Crippen LogP contribution is 2.25. The summed E-state index contributed by atoms with van der Waals surface area (Å²) in [5.74, 6) is 0.481. The van der Waals surface area contributed by atoms with E-state index in [0.29, 0.717) is 19.6 Å². The van der Waals surface area contributed by atoms with Crippen LogP contribution in [-0.2, 0) is 16.1 Å². The lowest BCUT2D eigenvalue weighted by Gasteiger charge is -2.35. The SMILES string of the molecule is COc1ccc(CN2CCNC(=O)C2CC(=O)NCCO)c(C)c1C. The lowest BCUT2D eigenvalue weighted by atomic mass is 10.00. The highest BCUT2D eigenvalue weighted by Gasteiger charge is 2.31. The van der Waals surface area contributed by atoms with Crippen molar-refractivity contribution in [2.24, 2.45) is 0 Å². The third-order valence-electron chi connectivity index (χ3n) is 4.70. The van der Waals surface area contributed by atoms with Gasteiger partial charge in [-0.1, -0.05) is 6.07 Å². The van der Waals surface area contributed by atoms with Crippen LogP contribution in [0.3, 0.4) is 0 Å². The van der Waals surface area contributed by atoms with Gasteiger partial charge in [0.05, 0.1) is 26.2 Å². The summed E-state index contributed by atoms with van der Waals surface area (Å²) in [6.45, 7) is 6.00. The Labute approximate surface area is 148 Å². The Bertz CT molecular complexity index is 633. The minimum atomic E-state index is -0.505. The topological polar surface area (TPSA) is 90.9 Å². The summed E-state index contributed by atoms with van der Waals surface area (Å²) in [5.41, 5.74) is 3.33. The first-order valence-electron chi connectivity index (χ1n) is 8.50. The molecule has 0 radical (unpaired) electrons. The maximum absolute atomic E-state index is 12.3. The van der Waals surface area contributed by atoms with E-state index in [1.807, 2.05) is 30.9 Å². The molecule has 1 fully saturated rings. The molecular formula is C18H27N3O4. The quantitative estimate of drug-likeness (QED) is 0.650. The Morgan fingerprint density at radius 3 is 2.84 bits per heavy atom. The number of amides is 2. The molecular weight excluding hydrogens is 322 g/mol. The van der Waals surface area contributed by atoms with Crippen molar-refractivity contribution in [3.8, 4) is 5.75 Å². The number of hydrogen-bond donors (Lipinski definition) is 3. The van der Waals surface area contributed by atoms with Crippen molar-refractivity contribution in [3.63, 3.8) is 0 Å². The monoisotopic (exact) mass is 349 g/mol. The molecule has 1 aromatic rings. The van der Waals surface area contributed by atoms with Crippen LogP contribution in [0.25, 0.3) is 0 Å². The number of nitrogens with zero attached hydrogens (tertiary/aromatic N) is 1. The second-order valence-corrected chi connectivity index (χ2v) is 6.23. The van der Waals surface area contributed by atoms with Gasteiger partial charge in [0.15, 0.2) is 0 Å². The number of carbonyl (C=O) groups excluding carboxylic acids is 2. The number of ether oxygens (including phenoxy) is 1. The number of benzene rings is 1. The van der Waals surface area contributed by atoms with E-state index in [4.69, 9.17) is 9.84 Å². The molecule has 7 nitrogen and oxygen atoms in total. The summed E-state index contributed by atoms with van der Waals surface area (Å²) in [4.78, 5) is 26.3. The van der Waals surface area contributed by atoms with E-state index in [1.54, 1.807) is 7.11 Å². The van der Waals surface area contributed by atoms with Crippen molar-refractivity contribution < 1.29 is 19.4 Å². The molecule has 138 valence electrons. The number of aliphatic hydroxyl groups is 1. The van der Waals surface area contributed by atoms with E-state index in [0.717, 1.165) is 22.4 Å². The fourth-order valence-electron chi connectivity index (χ4n) is 3.08. The van der Waals surface area contributed by atoms with Crippen molar-refractivity contribution in [2.75, 3.05) is 33.4 Å². The van der Waals surface area contributed by atoms with Crippen LogP contribution in [0.2, 0.25) is 0 Å². The van der Waals surface area contributed by atoms with E-state index in [2.05, 4.69) is 10.6 Å². The summed E-state index contributed by atoms with van der Waals surface area (Å²) < 4.78 is 5.35. The summed E-state index contributed by atoms with van der Waals surface area (Å²) in [6, 6.07) is 3.44. The standard InChI is InChI=1S/C18H27N3O4/c1-12-13(2)16(25-3)5-4-14(12)11-21-8-6-20-18(24)15(21)10-17(23)19-7-9-22/h4-5,15,22H,6-11H2,1-3H3,(H,19,23)(H,20,24). The zero-order valence-corrected chi connectivity index (χ0v) is 15.1. The zero-order valence-electron chi connectivity index (χ0n) is 15.1. The minimum Gasteiger partial charge on any atom is -0.496 e. The summed E-state index contributed by atoms with van der Waals surface area (Å²) in [5, 5.41) is 14.2. The highest BCUT2D eigenvalue weighted by molar-refractivity contribution is 5.88. The van der Waals surface area contributed by atoms with Crippen molar-refractivity contribution in [3.05, 3.63) is 28.8 Å². The smallest absolute Gasteiger partial charge is 0.237 e. The number of methoxy groups -OCH3 is 1. The molecule has 0 bridgehead atoms. The van der Waals surface area contributed by atoms with Crippen LogP contribution in [0, 0.1) is 13.8 Å². The van der Waals surface area contributed by atoms with Crippen molar-refractivity contribution >= 4 is 11.8 Å². The molecule has 0 aliphatic carbocycles. The molecule has 1 heterocycles. The average Bonchev–Trinajstić information content (AvgIpc) is 2.60. The lowest BCUT2D eigenvalue weighted by molar-refractivity contribution is -0.134. The average molecular weight is 349 g/mol. The highest BCUT2D eigenvalue weighted by atomic mass is 16.5. The Balaban J connectivity index is 2.13. The van der Waals surface area contributed by atoms with E-state index in [-0.39, 0.29) is 31.4 Å². The maximum Gasteiger partial charge on any atom is 0.237 e. The van der Waals surface area contributed by atoms with Crippen LogP contribution in [0.4, 0.5) is 0 Å². The van der Waals surface area contributed by atoms with Crippen molar-refractivity contribution in [1.82, 2.24) is 15.5 Å². The van der Waals surface area contributed by atoms with Gasteiger partial charge in [0, 0.05) is 26.2 Å². The molecule has 1 aliphatic heterocycles. The van der Waals surface area contributed by atoms with Crippen LogP contribution in [0.1, 0.15) is 23.1 Å². The van der Waals surface area contributed by atoms with E-state index in [1.165, 1.54) is 0 Å². The molecule has 1 aliphatic rings. The molecule has 7 heteroatoms. The number of piperazine rings is 1. The van der Waals surface area contributed by atoms with Crippen molar-refractivity contribution in [1.29, 1.82) is 0 Å². The number of rotatable bonds is 7. The Morgan fingerprint density at radius 2 is 2.16 bits per heavy atom. The van der Waals surface area contributed by atoms with Gasteiger partial charge < -0.3 is 20.5 Å². The predicted octanol–water partition coefficient (Wildman–Crippen LogP) is 0.111. The fraction of sp³-hybridized carbons (Fsp3) is 0.556. The molecule has 0 spiro atoms. The summed E-state index contributed by atoms with van der Waals surface area (Å²) in [7, 11) is 1.65. The third kappa shape index (κ3) is 4.70. The third-order valence-corrected chi connectivity index (χ3v) is 4.70. The van der Waals surface area contributed by atoms with Crippen LogP contribution in [0.5, 0.6) is 5.75 Å². The molecule has 1 aromatic carbocycles. The molecule has 0 saturated carbocycles. The summed E-state index contributed by atoms with van der Waals surface area (Å²) >= 11 is 0. The number of aliphatic hydroxyl groups excluding tert-OH is 1. The van der Waals surface area contributed by atoms with E-state index >= 15 is 0 Å². The van der Waals surface area contributed by atoms with Gasteiger partial charge in [0.2, 0.25) is 11.8 Å². The molecule has 1 saturated heterocycles. The number of nitrogens with one attached hydrogen (secondary N) is 2. The largest absolute Gasteiger partial charge is 0.496 e. The van der Waals surface area contributed by atoms with Gasteiger partial charge in [0.25, 0.3) is 0 Å². The van der Waals surface area contributed by atoms with Crippen molar-refractivity contribution in [2.45, 2.75) is 32.9 Å². The molecule has 3 N–H and O–H groups in total. The second kappa shape index (κ2) is 8.82. The first-order chi connectivity index (χ1) is 12.0. The minimum absolute atomic E-state index is 0.0834. The first-order valence-corrected chi connectivity index (χ1v) is 8.50. The zero-order chi connectivity index (χ0) is 18.4. The molecule has 25 heavy (non-hydrogen) atoms. The molecule has 2 rings (SSSR count). The van der Waals surface area contributed by atoms with Crippen LogP contribution < -0.4 is 15.4 Å². The predicted molar refractivity (Wildman–Crippen MR) is 94.4 cm³/mol. The lowest BCUT2D eigenvalue weighted by Crippen LogP contribution is -2.56. The summed E-state index contributed by atoms with van der Waals surface area (Å²) in [6.07, 6.45) is 0.0834. The first kappa shape index (κ1) is 19.2. The van der Waals surface area contributed by atoms with Gasteiger partial charge in [0.1, 0.15) is 5.75 Å². The van der Waals surface area contributed by atoms with Crippen LogP contribution >= 0.6 is 0 Å². The molecule has 1 unspecified atom stereocenters. The Morgan fingerprint density at radius 1 is 1.40 bits per heavy atom. The number of carbonyl (C=O) groups is 2. The normalized spacial score (nSPS) is 17.9. The molecule has 2 amide bonds. The Hall–Kier alpha value is -2.12. The van der Waals surface area contributed by atoms with Gasteiger partial charge in [-0.2, -0.15) is 0 Å². The second-order valence-electron chi connectivity index (χ2n) is 6.23. The van der Waals surface area contributed by atoms with Gasteiger partial charge in [-0.15, -0.1) is 0 Å². The van der Waals surface area contributed by atoms with Gasteiger partial charge >= 0.3 is 0 Å². The van der Waals surface area contributed by atoms with Gasteiger partial charge in [-0.25, -0.2) is 0 Å². The maximum atomic E-state index is 12.3. The molecule has 0 aromatic heterocycles. The van der Waals surface area contributed by atoms with E-state index in [9.17, 15) is 9.59 Å². The van der Waals surface area contributed by atoms with Crippen LogP contribution in [0.15, 0.2) is 12.1 Å². The molecule has 1 atom stereocenters. The van der Waals surface area contributed by atoms with Gasteiger partial charge in [-0.3, -0.25) is 14.5 Å².